The van der Waals surface area contributed by atoms with Crippen LogP contribution >= 0.6 is 0 Å². The van der Waals surface area contributed by atoms with Crippen molar-refractivity contribution in [2.24, 2.45) is 0 Å². The average Bonchev–Trinajstić information content (AvgIpc) is 3.31. The van der Waals surface area contributed by atoms with Gasteiger partial charge in [0.1, 0.15) is 12.4 Å². The van der Waals surface area contributed by atoms with E-state index in [1.807, 2.05) is 6.92 Å². The molecule has 1 amide bonds. The van der Waals surface area contributed by atoms with Crippen molar-refractivity contribution >= 4 is 21.7 Å². The number of ether oxygens (including phenoxy) is 3. The van der Waals surface area contributed by atoms with Gasteiger partial charge in [-0.2, -0.15) is 0 Å². The van der Waals surface area contributed by atoms with E-state index in [9.17, 15) is 18.0 Å². The monoisotopic (exact) mass is 480 g/mol. The molecule has 1 fully saturated rings. The van der Waals surface area contributed by atoms with Gasteiger partial charge in [0, 0.05) is 12.6 Å². The van der Waals surface area contributed by atoms with Crippen molar-refractivity contribution in [1.82, 2.24) is 10.1 Å². The van der Waals surface area contributed by atoms with Crippen LogP contribution in [0.25, 0.3) is 0 Å². The first-order chi connectivity index (χ1) is 15.6. The molecule has 33 heavy (non-hydrogen) atoms. The first-order valence-electron chi connectivity index (χ1n) is 10.5. The average molecular weight is 481 g/mol. The van der Waals surface area contributed by atoms with E-state index in [1.54, 1.807) is 19.9 Å². The Morgan fingerprint density at radius 1 is 1.24 bits per heavy atom. The van der Waals surface area contributed by atoms with Crippen molar-refractivity contribution < 1.29 is 36.7 Å². The van der Waals surface area contributed by atoms with E-state index in [0.717, 1.165) is 11.3 Å². The number of esters is 1. The Labute approximate surface area is 192 Å². The molecule has 0 aliphatic carbocycles. The van der Waals surface area contributed by atoms with Crippen molar-refractivity contribution in [3.63, 3.8) is 0 Å². The summed E-state index contributed by atoms with van der Waals surface area (Å²) in [7, 11) is -1.68. The van der Waals surface area contributed by atoms with E-state index < -0.39 is 28.3 Å². The Balaban J connectivity index is 1.61. The fraction of sp³-hybridized carbons (Fsp3) is 0.500. The molecule has 11 heteroatoms. The van der Waals surface area contributed by atoms with Crippen LogP contribution in [0, 0.1) is 13.8 Å². The molecule has 1 aromatic carbocycles. The molecular weight excluding hydrogens is 452 g/mol. The minimum absolute atomic E-state index is 0.0612. The molecule has 0 spiro atoms. The molecule has 1 saturated heterocycles. The maximum absolute atomic E-state index is 12.5. The summed E-state index contributed by atoms with van der Waals surface area (Å²) in [4.78, 5) is 26.5. The summed E-state index contributed by atoms with van der Waals surface area (Å²) in [6, 6.07) is 4.17. The summed E-state index contributed by atoms with van der Waals surface area (Å²) >= 11 is 0. The van der Waals surface area contributed by atoms with Gasteiger partial charge in [0.25, 0.3) is 5.91 Å². The SMILES string of the molecule is CCN(C(=O)COC(=O)c1ccc(OCc2c(C)noc2C)c(OC)c1)C1CCS(=O)(=O)C1. The number of carbonyl (C=O) groups is 2. The number of sulfone groups is 1. The molecule has 1 aromatic heterocycles. The van der Waals surface area contributed by atoms with Crippen molar-refractivity contribution in [3.05, 3.63) is 40.8 Å². The summed E-state index contributed by atoms with van der Waals surface area (Å²) in [5, 5.41) is 3.89. The molecule has 3 rings (SSSR count). The second-order valence-corrected chi connectivity index (χ2v) is 10.00. The van der Waals surface area contributed by atoms with Gasteiger partial charge in [0.15, 0.2) is 27.9 Å². The van der Waals surface area contributed by atoms with E-state index in [-0.39, 0.29) is 29.7 Å². The molecule has 2 aromatic rings. The van der Waals surface area contributed by atoms with Crippen molar-refractivity contribution in [2.75, 3.05) is 31.8 Å². The zero-order valence-corrected chi connectivity index (χ0v) is 19.9. The highest BCUT2D eigenvalue weighted by atomic mass is 32.2. The van der Waals surface area contributed by atoms with Crippen LogP contribution in [0.4, 0.5) is 0 Å². The summed E-state index contributed by atoms with van der Waals surface area (Å²) < 4.78 is 44.9. The molecule has 0 radical (unpaired) electrons. The van der Waals surface area contributed by atoms with Gasteiger partial charge in [-0.05, 0) is 45.4 Å². The van der Waals surface area contributed by atoms with Gasteiger partial charge < -0.3 is 23.6 Å². The Hall–Kier alpha value is -3.08. The summed E-state index contributed by atoms with van der Waals surface area (Å²) in [6.45, 7) is 5.45. The van der Waals surface area contributed by atoms with Gasteiger partial charge in [-0.15, -0.1) is 0 Å². The summed E-state index contributed by atoms with van der Waals surface area (Å²) in [5.74, 6) is 0.276. The van der Waals surface area contributed by atoms with Crippen LogP contribution < -0.4 is 9.47 Å². The fourth-order valence-electron chi connectivity index (χ4n) is 3.72. The smallest absolute Gasteiger partial charge is 0.338 e. The van der Waals surface area contributed by atoms with Gasteiger partial charge in [-0.25, -0.2) is 13.2 Å². The van der Waals surface area contributed by atoms with E-state index in [4.69, 9.17) is 18.7 Å². The van der Waals surface area contributed by atoms with Gasteiger partial charge >= 0.3 is 5.97 Å². The lowest BCUT2D eigenvalue weighted by molar-refractivity contribution is -0.136. The van der Waals surface area contributed by atoms with Crippen LogP contribution in [0.2, 0.25) is 0 Å². The van der Waals surface area contributed by atoms with Gasteiger partial charge in [-0.1, -0.05) is 5.16 Å². The van der Waals surface area contributed by atoms with Crippen molar-refractivity contribution in [3.8, 4) is 11.5 Å². The van der Waals surface area contributed by atoms with Crippen LogP contribution in [0.15, 0.2) is 22.7 Å². The van der Waals surface area contributed by atoms with Gasteiger partial charge in [-0.3, -0.25) is 4.79 Å². The summed E-state index contributed by atoms with van der Waals surface area (Å²) in [6.07, 6.45) is 0.391. The molecule has 0 bridgehead atoms. The predicted molar refractivity (Wildman–Crippen MR) is 118 cm³/mol. The number of methoxy groups -OCH3 is 1. The Bertz CT molecular complexity index is 1110. The molecule has 1 unspecified atom stereocenters. The predicted octanol–water partition coefficient (Wildman–Crippen LogP) is 2.07. The highest BCUT2D eigenvalue weighted by Gasteiger charge is 2.34. The van der Waals surface area contributed by atoms with Crippen molar-refractivity contribution in [1.29, 1.82) is 0 Å². The zero-order chi connectivity index (χ0) is 24.2. The molecule has 0 saturated carbocycles. The van der Waals surface area contributed by atoms with E-state index in [2.05, 4.69) is 5.16 Å². The molecular formula is C22H28N2O8S. The quantitative estimate of drug-likeness (QED) is 0.496. The topological polar surface area (TPSA) is 125 Å². The third-order valence-electron chi connectivity index (χ3n) is 5.59. The third kappa shape index (κ3) is 5.84. The molecule has 10 nitrogen and oxygen atoms in total. The summed E-state index contributed by atoms with van der Waals surface area (Å²) in [5.41, 5.74) is 1.75. The fourth-order valence-corrected chi connectivity index (χ4v) is 5.46. The Morgan fingerprint density at radius 2 is 2.00 bits per heavy atom. The number of aryl methyl sites for hydroxylation is 2. The molecule has 180 valence electrons. The first-order valence-corrected chi connectivity index (χ1v) is 12.4. The number of hydrogen-bond acceptors (Lipinski definition) is 9. The number of likely N-dealkylation sites (N-methyl/N-ethyl adjacent to an activating group) is 1. The van der Waals surface area contributed by atoms with Crippen LogP contribution in [0.3, 0.4) is 0 Å². The second kappa shape index (κ2) is 10.2. The second-order valence-electron chi connectivity index (χ2n) is 7.77. The molecule has 1 aliphatic rings. The number of aromatic nitrogens is 1. The lowest BCUT2D eigenvalue weighted by Crippen LogP contribution is -2.43. The molecule has 2 heterocycles. The Kier molecular flexibility index (Phi) is 7.62. The number of nitrogens with zero attached hydrogens (tertiary/aromatic N) is 2. The largest absolute Gasteiger partial charge is 0.493 e. The first kappa shape index (κ1) is 24.6. The van der Waals surface area contributed by atoms with Crippen LogP contribution in [-0.4, -0.2) is 68.2 Å². The molecule has 0 N–H and O–H groups in total. The van der Waals surface area contributed by atoms with Crippen molar-refractivity contribution in [2.45, 2.75) is 39.8 Å². The minimum Gasteiger partial charge on any atom is -0.493 e. The van der Waals surface area contributed by atoms with Gasteiger partial charge in [0.2, 0.25) is 0 Å². The Morgan fingerprint density at radius 3 is 2.58 bits per heavy atom. The van der Waals surface area contributed by atoms with E-state index >= 15 is 0 Å². The molecule has 1 atom stereocenters. The zero-order valence-electron chi connectivity index (χ0n) is 19.1. The number of carbonyl (C=O) groups excluding carboxylic acids is 2. The van der Waals surface area contributed by atoms with Gasteiger partial charge in [0.05, 0.1) is 35.4 Å². The highest BCUT2D eigenvalue weighted by molar-refractivity contribution is 7.91. The van der Waals surface area contributed by atoms with Crippen LogP contribution in [-0.2, 0) is 26.0 Å². The third-order valence-corrected chi connectivity index (χ3v) is 7.34. The highest BCUT2D eigenvalue weighted by Crippen LogP contribution is 2.30. The standard InChI is InChI=1S/C22H28N2O8S/c1-5-24(17-8-9-33(27,28)13-17)21(25)12-31-22(26)16-6-7-19(20(10-16)29-4)30-11-18-14(2)23-32-15(18)3/h6-7,10,17H,5,8-9,11-13H2,1-4H3. The van der Waals surface area contributed by atoms with E-state index in [1.165, 1.54) is 24.1 Å². The maximum Gasteiger partial charge on any atom is 0.338 e. The minimum atomic E-state index is -3.13. The lowest BCUT2D eigenvalue weighted by Gasteiger charge is -2.26. The number of hydrogen-bond donors (Lipinski definition) is 0. The number of benzene rings is 1. The molecule has 1 aliphatic heterocycles. The lowest BCUT2D eigenvalue weighted by atomic mass is 10.2. The normalized spacial score (nSPS) is 16.9. The van der Waals surface area contributed by atoms with E-state index in [0.29, 0.717) is 30.2 Å². The van der Waals surface area contributed by atoms with Crippen LogP contribution in [0.1, 0.15) is 40.7 Å². The maximum atomic E-state index is 12.5. The van der Waals surface area contributed by atoms with Crippen LogP contribution in [0.5, 0.6) is 11.5 Å². The number of amides is 1. The number of rotatable bonds is 9.